The highest BCUT2D eigenvalue weighted by molar-refractivity contribution is 6.30. The lowest BCUT2D eigenvalue weighted by Gasteiger charge is -2.36. The summed E-state index contributed by atoms with van der Waals surface area (Å²) in [7, 11) is 0. The molecule has 0 saturated carbocycles. The first-order valence-electron chi connectivity index (χ1n) is 7.21. The number of rotatable bonds is 3. The second-order valence-electron chi connectivity index (χ2n) is 5.41. The van der Waals surface area contributed by atoms with Crippen molar-refractivity contribution in [2.45, 2.75) is 6.54 Å². The summed E-state index contributed by atoms with van der Waals surface area (Å²) < 4.78 is 0. The SMILES string of the molecule is Oc1ccc(CN2CCN(c3ccc(Cl)cc3)CC2)cc1. The number of piperazine rings is 1. The number of phenolic OH excluding ortho intramolecular Hbond substituents is 1. The zero-order valence-corrected chi connectivity index (χ0v) is 12.6. The van der Waals surface area contributed by atoms with Gasteiger partial charge < -0.3 is 10.0 Å². The molecule has 0 spiro atoms. The Morgan fingerprint density at radius 3 is 2.10 bits per heavy atom. The van der Waals surface area contributed by atoms with Crippen molar-refractivity contribution in [1.29, 1.82) is 0 Å². The first-order chi connectivity index (χ1) is 10.2. The van der Waals surface area contributed by atoms with Crippen LogP contribution in [0.5, 0.6) is 5.75 Å². The van der Waals surface area contributed by atoms with Gasteiger partial charge in [-0.1, -0.05) is 23.7 Å². The van der Waals surface area contributed by atoms with Crippen LogP contribution < -0.4 is 4.90 Å². The van der Waals surface area contributed by atoms with Crippen LogP contribution in [0.15, 0.2) is 48.5 Å². The van der Waals surface area contributed by atoms with E-state index >= 15 is 0 Å². The van der Waals surface area contributed by atoms with Gasteiger partial charge in [-0.25, -0.2) is 0 Å². The topological polar surface area (TPSA) is 26.7 Å². The first-order valence-corrected chi connectivity index (χ1v) is 7.59. The third-order valence-electron chi connectivity index (χ3n) is 3.91. The predicted octanol–water partition coefficient (Wildman–Crippen LogP) is 3.37. The minimum absolute atomic E-state index is 0.325. The third kappa shape index (κ3) is 3.69. The second-order valence-corrected chi connectivity index (χ2v) is 5.84. The monoisotopic (exact) mass is 302 g/mol. The van der Waals surface area contributed by atoms with Crippen molar-refractivity contribution in [1.82, 2.24) is 4.90 Å². The second kappa shape index (κ2) is 6.37. The fourth-order valence-corrected chi connectivity index (χ4v) is 2.80. The molecule has 3 rings (SSSR count). The summed E-state index contributed by atoms with van der Waals surface area (Å²) in [6.07, 6.45) is 0. The van der Waals surface area contributed by atoms with Crippen molar-refractivity contribution in [2.75, 3.05) is 31.1 Å². The summed E-state index contributed by atoms with van der Waals surface area (Å²) in [6, 6.07) is 15.5. The molecule has 4 heteroatoms. The number of phenols is 1. The Kier molecular flexibility index (Phi) is 4.32. The quantitative estimate of drug-likeness (QED) is 0.942. The molecule has 1 saturated heterocycles. The van der Waals surface area contributed by atoms with E-state index in [1.165, 1.54) is 11.3 Å². The number of halogens is 1. The standard InChI is InChI=1S/C17H19ClN2O/c18-15-3-5-16(6-4-15)20-11-9-19(10-12-20)13-14-1-7-17(21)8-2-14/h1-8,21H,9-13H2. The van der Waals surface area contributed by atoms with Crippen LogP contribution in [0.4, 0.5) is 5.69 Å². The molecule has 0 aliphatic carbocycles. The summed E-state index contributed by atoms with van der Waals surface area (Å²) in [4.78, 5) is 4.84. The number of hydrogen-bond donors (Lipinski definition) is 1. The lowest BCUT2D eigenvalue weighted by molar-refractivity contribution is 0.250. The van der Waals surface area contributed by atoms with Gasteiger partial charge in [0, 0.05) is 43.4 Å². The van der Waals surface area contributed by atoms with Crippen LogP contribution in [0.1, 0.15) is 5.56 Å². The Hall–Kier alpha value is -1.71. The molecular weight excluding hydrogens is 284 g/mol. The van der Waals surface area contributed by atoms with Gasteiger partial charge in [-0.15, -0.1) is 0 Å². The molecule has 0 aromatic heterocycles. The molecule has 0 amide bonds. The van der Waals surface area contributed by atoms with Crippen LogP contribution in [0, 0.1) is 0 Å². The summed E-state index contributed by atoms with van der Waals surface area (Å²) in [6.45, 7) is 5.08. The largest absolute Gasteiger partial charge is 0.508 e. The van der Waals surface area contributed by atoms with E-state index in [4.69, 9.17) is 11.6 Å². The zero-order chi connectivity index (χ0) is 14.7. The molecule has 110 valence electrons. The molecule has 3 nitrogen and oxygen atoms in total. The van der Waals surface area contributed by atoms with Gasteiger partial charge in [0.1, 0.15) is 5.75 Å². The van der Waals surface area contributed by atoms with Crippen LogP contribution in [0.25, 0.3) is 0 Å². The van der Waals surface area contributed by atoms with Crippen LogP contribution in [-0.2, 0) is 6.54 Å². The van der Waals surface area contributed by atoms with E-state index in [0.717, 1.165) is 37.7 Å². The Balaban J connectivity index is 1.55. The summed E-state index contributed by atoms with van der Waals surface area (Å²) in [5, 5.41) is 10.1. The molecule has 2 aromatic carbocycles. The highest BCUT2D eigenvalue weighted by atomic mass is 35.5. The normalized spacial score (nSPS) is 16.1. The van der Waals surface area contributed by atoms with Gasteiger partial charge in [0.25, 0.3) is 0 Å². The third-order valence-corrected chi connectivity index (χ3v) is 4.16. The Labute approximate surface area is 130 Å². The summed E-state index contributed by atoms with van der Waals surface area (Å²) in [5.41, 5.74) is 2.48. The number of benzene rings is 2. The molecule has 1 fully saturated rings. The molecular formula is C17H19ClN2O. The van der Waals surface area contributed by atoms with Gasteiger partial charge in [0.2, 0.25) is 0 Å². The van der Waals surface area contributed by atoms with Gasteiger partial charge in [-0.2, -0.15) is 0 Å². The first kappa shape index (κ1) is 14.2. The smallest absolute Gasteiger partial charge is 0.115 e. The van der Waals surface area contributed by atoms with Crippen molar-refractivity contribution in [2.24, 2.45) is 0 Å². The van der Waals surface area contributed by atoms with Gasteiger partial charge in [0.05, 0.1) is 0 Å². The van der Waals surface area contributed by atoms with Crippen LogP contribution in [-0.4, -0.2) is 36.2 Å². The average Bonchev–Trinajstić information content (AvgIpc) is 2.51. The van der Waals surface area contributed by atoms with Crippen LogP contribution in [0.3, 0.4) is 0 Å². The lowest BCUT2D eigenvalue weighted by Crippen LogP contribution is -2.45. The number of anilines is 1. The molecule has 0 atom stereocenters. The molecule has 0 radical (unpaired) electrons. The van der Waals surface area contributed by atoms with Crippen LogP contribution >= 0.6 is 11.6 Å². The molecule has 21 heavy (non-hydrogen) atoms. The molecule has 0 unspecified atom stereocenters. The zero-order valence-electron chi connectivity index (χ0n) is 11.9. The fourth-order valence-electron chi connectivity index (χ4n) is 2.68. The molecule has 1 N–H and O–H groups in total. The van der Waals surface area contributed by atoms with E-state index in [9.17, 15) is 5.11 Å². The highest BCUT2D eigenvalue weighted by Crippen LogP contribution is 2.20. The van der Waals surface area contributed by atoms with E-state index in [-0.39, 0.29) is 0 Å². The minimum Gasteiger partial charge on any atom is -0.508 e. The Morgan fingerprint density at radius 2 is 1.48 bits per heavy atom. The van der Waals surface area contributed by atoms with E-state index in [1.807, 2.05) is 24.3 Å². The number of hydrogen-bond acceptors (Lipinski definition) is 3. The summed E-state index contributed by atoms with van der Waals surface area (Å²) in [5.74, 6) is 0.325. The van der Waals surface area contributed by atoms with Crippen molar-refractivity contribution in [3.8, 4) is 5.75 Å². The lowest BCUT2D eigenvalue weighted by atomic mass is 10.2. The fraction of sp³-hybridized carbons (Fsp3) is 0.294. The summed E-state index contributed by atoms with van der Waals surface area (Å²) >= 11 is 5.93. The maximum absolute atomic E-state index is 9.31. The maximum atomic E-state index is 9.31. The molecule has 1 heterocycles. The average molecular weight is 303 g/mol. The van der Waals surface area contributed by atoms with E-state index in [0.29, 0.717) is 5.75 Å². The Morgan fingerprint density at radius 1 is 0.857 bits per heavy atom. The molecule has 1 aliphatic rings. The van der Waals surface area contributed by atoms with E-state index < -0.39 is 0 Å². The van der Waals surface area contributed by atoms with Gasteiger partial charge in [-0.3, -0.25) is 4.90 Å². The van der Waals surface area contributed by atoms with Crippen molar-refractivity contribution >= 4 is 17.3 Å². The Bertz CT molecular complexity index is 575. The molecule has 1 aliphatic heterocycles. The van der Waals surface area contributed by atoms with Gasteiger partial charge in [0.15, 0.2) is 0 Å². The van der Waals surface area contributed by atoms with Gasteiger partial charge >= 0.3 is 0 Å². The van der Waals surface area contributed by atoms with Crippen molar-refractivity contribution in [3.63, 3.8) is 0 Å². The van der Waals surface area contributed by atoms with Crippen LogP contribution in [0.2, 0.25) is 5.02 Å². The molecule has 2 aromatic rings. The number of aromatic hydroxyl groups is 1. The van der Waals surface area contributed by atoms with Gasteiger partial charge in [-0.05, 0) is 42.0 Å². The predicted molar refractivity (Wildman–Crippen MR) is 87.0 cm³/mol. The van der Waals surface area contributed by atoms with E-state index in [1.54, 1.807) is 12.1 Å². The van der Waals surface area contributed by atoms with E-state index in [2.05, 4.69) is 21.9 Å². The molecule has 0 bridgehead atoms. The van der Waals surface area contributed by atoms with Crippen molar-refractivity contribution < 1.29 is 5.11 Å². The maximum Gasteiger partial charge on any atom is 0.115 e. The van der Waals surface area contributed by atoms with Crippen molar-refractivity contribution in [3.05, 3.63) is 59.1 Å². The highest BCUT2D eigenvalue weighted by Gasteiger charge is 2.17. The number of nitrogens with zero attached hydrogens (tertiary/aromatic N) is 2. The minimum atomic E-state index is 0.325.